The first-order valence-electron chi connectivity index (χ1n) is 13.8. The fraction of sp³-hybridized carbons (Fsp3) is 0.545. The summed E-state index contributed by atoms with van der Waals surface area (Å²) < 4.78 is 65.2. The van der Waals surface area contributed by atoms with Crippen molar-refractivity contribution in [2.24, 2.45) is 5.92 Å². The van der Waals surface area contributed by atoms with Crippen molar-refractivity contribution < 1.29 is 46.9 Å². The summed E-state index contributed by atoms with van der Waals surface area (Å²) in [6, 6.07) is 0. The van der Waals surface area contributed by atoms with Crippen LogP contribution in [0, 0.1) is 5.92 Å². The number of hydrogen-bond donors (Lipinski definition) is 7. The molecule has 254 valence electrons. The number of rotatable bonds is 3. The molecule has 21 nitrogen and oxygen atoms in total. The molecule has 0 bridgehead atoms. The maximum absolute atomic E-state index is 13.7. The average Bonchev–Trinajstić information content (AvgIpc) is 3.76. The van der Waals surface area contributed by atoms with Crippen molar-refractivity contribution in [1.29, 1.82) is 0 Å². The maximum Gasteiger partial charge on any atom is 0.386 e. The number of aliphatic hydroxyl groups is 2. The van der Waals surface area contributed by atoms with E-state index in [1.165, 1.54) is 28.1 Å². The Morgan fingerprint density at radius 1 is 1.04 bits per heavy atom. The van der Waals surface area contributed by atoms with Crippen LogP contribution in [0.3, 0.4) is 0 Å². The molecule has 7 N–H and O–H groups in total. The lowest BCUT2D eigenvalue weighted by Crippen LogP contribution is -2.49. The highest BCUT2D eigenvalue weighted by atomic mass is 32.7. The lowest BCUT2D eigenvalue weighted by Gasteiger charge is -2.35. The highest BCUT2D eigenvalue weighted by molar-refractivity contribution is 8.44. The van der Waals surface area contributed by atoms with Crippen LogP contribution in [-0.4, -0.2) is 99.1 Å². The minimum Gasteiger partial charge on any atom is -0.393 e. The van der Waals surface area contributed by atoms with E-state index in [-0.39, 0.29) is 22.9 Å². The van der Waals surface area contributed by atoms with Gasteiger partial charge in [0.05, 0.1) is 32.5 Å². The van der Waals surface area contributed by atoms with Crippen LogP contribution in [0.25, 0.3) is 22.3 Å². The van der Waals surface area contributed by atoms with E-state index in [4.69, 9.17) is 39.0 Å². The normalized spacial score (nSPS) is 38.2. The van der Waals surface area contributed by atoms with Crippen LogP contribution < -0.4 is 17.0 Å². The summed E-state index contributed by atoms with van der Waals surface area (Å²) in [5.41, 5.74) is 9.64. The molecule has 3 aliphatic heterocycles. The Bertz CT molecular complexity index is 2010. The van der Waals surface area contributed by atoms with Gasteiger partial charge in [0, 0.05) is 5.92 Å². The topological polar surface area (TPSA) is 289 Å². The van der Waals surface area contributed by atoms with Crippen LogP contribution in [0.2, 0.25) is 0 Å². The van der Waals surface area contributed by atoms with Gasteiger partial charge in [0.2, 0.25) is 5.95 Å². The average molecular weight is 735 g/mol. The molecular formula is C22H28N10O11P2S2. The Morgan fingerprint density at radius 3 is 2.49 bits per heavy atom. The number of ether oxygens (including phenoxy) is 2. The maximum atomic E-state index is 13.7. The second-order valence-electron chi connectivity index (χ2n) is 11.1. The Balaban J connectivity index is 1.21. The molecule has 0 amide bonds. The van der Waals surface area contributed by atoms with E-state index < -0.39 is 87.4 Å². The number of nitrogens with one attached hydrogen (secondary N) is 1. The summed E-state index contributed by atoms with van der Waals surface area (Å²) in [6.07, 6.45) is -4.09. The van der Waals surface area contributed by atoms with Gasteiger partial charge in [0.25, 0.3) is 5.56 Å². The molecule has 7 heterocycles. The first kappa shape index (κ1) is 32.9. The smallest absolute Gasteiger partial charge is 0.386 e. The van der Waals surface area contributed by atoms with Gasteiger partial charge in [0.15, 0.2) is 28.9 Å². The third-order valence-electron chi connectivity index (χ3n) is 8.14. The summed E-state index contributed by atoms with van der Waals surface area (Å²) >= 11 is 8.28. The molecule has 1 unspecified atom stereocenters. The van der Waals surface area contributed by atoms with Gasteiger partial charge >= 0.3 is 13.6 Å². The number of fused-ring (bicyclic) bond motifs is 4. The molecule has 0 aromatic carbocycles. The monoisotopic (exact) mass is 734 g/mol. The molecule has 10 atom stereocenters. The SMILES string of the molecule is C[C@H]1[C@H](n2cnc3c(N)ncnc32)O[C@]2(CO)CO[P@@](=O)(S)O[C@@H]3C(CO[P@@](=O)(S)O[C@@H]12)O[C@@H](n1cnc2c(=O)[nH]c(N)nc21)[C@@H]3O. The molecule has 4 aromatic heterocycles. The van der Waals surface area contributed by atoms with Crippen LogP contribution in [0.15, 0.2) is 23.8 Å². The first-order chi connectivity index (χ1) is 22.2. The molecule has 0 saturated carbocycles. The predicted octanol–water partition coefficient (Wildman–Crippen LogP) is 0.171. The number of aliphatic hydroxyl groups excluding tert-OH is 2. The second-order valence-corrected chi connectivity index (χ2v) is 16.9. The minimum absolute atomic E-state index is 0.0275. The quantitative estimate of drug-likeness (QED) is 0.109. The molecule has 0 spiro atoms. The van der Waals surface area contributed by atoms with Crippen LogP contribution in [0.4, 0.5) is 11.8 Å². The fourth-order valence-electron chi connectivity index (χ4n) is 5.95. The van der Waals surface area contributed by atoms with Crippen molar-refractivity contribution in [2.45, 2.75) is 49.4 Å². The molecule has 3 saturated heterocycles. The van der Waals surface area contributed by atoms with Crippen molar-refractivity contribution in [1.82, 2.24) is 39.0 Å². The van der Waals surface area contributed by atoms with Crippen LogP contribution in [-0.2, 0) is 36.7 Å². The Kier molecular flexibility index (Phi) is 8.21. The number of nitrogens with two attached hydrogens (primary N) is 2. The fourth-order valence-corrected chi connectivity index (χ4v) is 9.03. The summed E-state index contributed by atoms with van der Waals surface area (Å²) in [7, 11) is 0. The highest BCUT2D eigenvalue weighted by Gasteiger charge is 2.59. The van der Waals surface area contributed by atoms with Gasteiger partial charge in [0.1, 0.15) is 48.1 Å². The summed E-state index contributed by atoms with van der Waals surface area (Å²) in [5, 5.41) is 22.0. The zero-order valence-electron chi connectivity index (χ0n) is 24.0. The lowest BCUT2D eigenvalue weighted by molar-refractivity contribution is -0.143. The van der Waals surface area contributed by atoms with Crippen molar-refractivity contribution in [3.63, 3.8) is 0 Å². The van der Waals surface area contributed by atoms with E-state index in [2.05, 4.69) is 54.4 Å². The Labute approximate surface area is 273 Å². The van der Waals surface area contributed by atoms with Crippen molar-refractivity contribution >= 4 is 72.2 Å². The van der Waals surface area contributed by atoms with E-state index >= 15 is 0 Å². The Morgan fingerprint density at radius 2 is 1.74 bits per heavy atom. The van der Waals surface area contributed by atoms with E-state index in [9.17, 15) is 24.1 Å². The zero-order valence-corrected chi connectivity index (χ0v) is 27.6. The zero-order chi connectivity index (χ0) is 33.5. The van der Waals surface area contributed by atoms with Gasteiger partial charge in [-0.15, -0.1) is 0 Å². The van der Waals surface area contributed by atoms with Gasteiger partial charge < -0.3 is 31.2 Å². The number of nitrogen functional groups attached to an aromatic ring is 2. The largest absolute Gasteiger partial charge is 0.393 e. The van der Waals surface area contributed by atoms with Gasteiger partial charge in [-0.1, -0.05) is 31.4 Å². The number of H-pyrrole nitrogens is 1. The van der Waals surface area contributed by atoms with Crippen LogP contribution in [0.1, 0.15) is 19.4 Å². The first-order valence-corrected chi connectivity index (χ1v) is 19.2. The van der Waals surface area contributed by atoms with Gasteiger partial charge in [-0.3, -0.25) is 37.0 Å². The van der Waals surface area contributed by atoms with Gasteiger partial charge in [-0.05, 0) is 0 Å². The van der Waals surface area contributed by atoms with Gasteiger partial charge in [-0.2, -0.15) is 4.98 Å². The predicted molar refractivity (Wildman–Crippen MR) is 166 cm³/mol. The molecule has 47 heavy (non-hydrogen) atoms. The highest BCUT2D eigenvalue weighted by Crippen LogP contribution is 2.62. The molecule has 0 radical (unpaired) electrons. The molecule has 4 aromatic rings. The van der Waals surface area contributed by atoms with E-state index in [1.54, 1.807) is 6.92 Å². The molecule has 7 rings (SSSR count). The number of hydrogen-bond acceptors (Lipinski definition) is 18. The van der Waals surface area contributed by atoms with Crippen molar-refractivity contribution in [2.75, 3.05) is 31.3 Å². The minimum atomic E-state index is -4.40. The molecule has 25 heteroatoms. The van der Waals surface area contributed by atoms with Crippen molar-refractivity contribution in [3.05, 3.63) is 29.3 Å². The second kappa shape index (κ2) is 11.7. The third kappa shape index (κ3) is 5.67. The molecular weight excluding hydrogens is 706 g/mol. The summed E-state index contributed by atoms with van der Waals surface area (Å²) in [4.78, 5) is 35.1. The number of imidazole rings is 2. The third-order valence-corrected chi connectivity index (χ3v) is 11.3. The standard InChI is InChI=1S/C22H28N10O11P2S2/c1-8-14-22(3-33,41-19(8)31-6-27-10-15(23)25-5-26-16(10)31)4-39-45(37,47)42-13-9(2-38-44(36,46)43-14)40-20(12(13)34)32-7-28-11-17(32)29-21(24)30-18(11)35/h5-9,12-14,19-20,33-34H,2-4H2,1H3,(H,36,46)(H,37,47)(H2,23,25,26)(H3,24,29,30,35)/t8-,9?,12-,13-,14+,19-,20-,22-,44-,45-/m1/s1. The number of nitrogens with zero attached hydrogens (tertiary/aromatic N) is 7. The van der Waals surface area contributed by atoms with Crippen LogP contribution >= 0.6 is 38.1 Å². The Hall–Kier alpha value is -2.66. The summed E-state index contributed by atoms with van der Waals surface area (Å²) in [6.45, 7) is -9.06. The molecule has 3 aliphatic rings. The molecule has 0 aliphatic carbocycles. The number of aromatic nitrogens is 8. The van der Waals surface area contributed by atoms with Gasteiger partial charge in [-0.25, -0.2) is 29.1 Å². The van der Waals surface area contributed by atoms with Crippen LogP contribution in [0.5, 0.6) is 0 Å². The summed E-state index contributed by atoms with van der Waals surface area (Å²) in [5.74, 6) is -0.813. The number of anilines is 2. The number of aromatic amines is 1. The van der Waals surface area contributed by atoms with E-state index in [0.29, 0.717) is 11.2 Å². The molecule has 3 fully saturated rings. The van der Waals surface area contributed by atoms with E-state index in [0.717, 1.165) is 0 Å². The lowest BCUT2D eigenvalue weighted by atomic mass is 9.92. The van der Waals surface area contributed by atoms with E-state index in [1.807, 2.05) is 0 Å². The number of thiol groups is 2. The van der Waals surface area contributed by atoms with Crippen molar-refractivity contribution in [3.8, 4) is 0 Å².